The third-order valence-corrected chi connectivity index (χ3v) is 6.58. The molecule has 1 aromatic heterocycles. The van der Waals surface area contributed by atoms with Gasteiger partial charge < -0.3 is 29.5 Å². The molecule has 2 aromatic rings. The molecule has 1 aliphatic heterocycles. The predicted molar refractivity (Wildman–Crippen MR) is 154 cm³/mol. The summed E-state index contributed by atoms with van der Waals surface area (Å²) in [6, 6.07) is 7.59. The van der Waals surface area contributed by atoms with Crippen LogP contribution in [-0.2, 0) is 40.0 Å². The van der Waals surface area contributed by atoms with Crippen molar-refractivity contribution in [3.05, 3.63) is 71.6 Å². The molecule has 13 heteroatoms. The van der Waals surface area contributed by atoms with Gasteiger partial charge in [0.25, 0.3) is 0 Å². The fourth-order valence-corrected chi connectivity index (χ4v) is 4.43. The number of hydrogen-bond acceptors (Lipinski definition) is 7. The zero-order valence-electron chi connectivity index (χ0n) is 24.9. The molecule has 0 radical (unpaired) electrons. The number of rotatable bonds is 10. The average Bonchev–Trinajstić information content (AvgIpc) is 2.94. The van der Waals surface area contributed by atoms with Gasteiger partial charge in [-0.15, -0.1) is 0 Å². The fraction of sp³-hybridized carbons (Fsp3) is 0.467. The van der Waals surface area contributed by atoms with Gasteiger partial charge in [-0.05, 0) is 56.5 Å². The maximum Gasteiger partial charge on any atom is 0.418 e. The van der Waals surface area contributed by atoms with Crippen LogP contribution in [0.25, 0.3) is 0 Å². The molecule has 10 nitrogen and oxygen atoms in total. The van der Waals surface area contributed by atoms with Crippen LogP contribution in [-0.4, -0.2) is 83.2 Å². The summed E-state index contributed by atoms with van der Waals surface area (Å²) in [6.45, 7) is 8.88. The van der Waals surface area contributed by atoms with Crippen LogP contribution < -0.4 is 5.32 Å². The molecule has 234 valence electrons. The van der Waals surface area contributed by atoms with Gasteiger partial charge in [0.1, 0.15) is 12.2 Å². The van der Waals surface area contributed by atoms with Crippen LogP contribution in [0.15, 0.2) is 49.2 Å². The number of anilines is 1. The summed E-state index contributed by atoms with van der Waals surface area (Å²) in [7, 11) is 1.49. The van der Waals surface area contributed by atoms with Gasteiger partial charge in [-0.3, -0.25) is 9.78 Å². The van der Waals surface area contributed by atoms with Crippen molar-refractivity contribution in [1.82, 2.24) is 19.7 Å². The maximum absolute atomic E-state index is 13.7. The summed E-state index contributed by atoms with van der Waals surface area (Å²) < 4.78 is 51.5. The number of carbonyl (C=O) groups excluding carboxylic acids is 3. The van der Waals surface area contributed by atoms with E-state index < -0.39 is 42.0 Å². The van der Waals surface area contributed by atoms with E-state index in [-0.39, 0.29) is 31.9 Å². The Bertz CT molecular complexity index is 1310. The first-order valence-corrected chi connectivity index (χ1v) is 13.8. The number of ether oxygens (including phenoxy) is 2. The topological polar surface area (TPSA) is 104 Å². The molecule has 3 rings (SSSR count). The number of fused-ring (bicyclic) bond motifs is 1. The van der Waals surface area contributed by atoms with Crippen LogP contribution in [0, 0.1) is 0 Å². The quantitative estimate of drug-likeness (QED) is 0.377. The van der Waals surface area contributed by atoms with Crippen LogP contribution >= 0.6 is 0 Å². The van der Waals surface area contributed by atoms with E-state index in [4.69, 9.17) is 9.47 Å². The van der Waals surface area contributed by atoms with Gasteiger partial charge >= 0.3 is 18.4 Å². The predicted octanol–water partition coefficient (Wildman–Crippen LogP) is 5.09. The summed E-state index contributed by atoms with van der Waals surface area (Å²) in [4.78, 5) is 46.1. The number of halogens is 3. The maximum atomic E-state index is 13.7. The lowest BCUT2D eigenvalue weighted by Crippen LogP contribution is -2.43. The number of nitrogens with one attached hydrogen (secondary N) is 1. The molecular formula is C30H38F3N5O5. The van der Waals surface area contributed by atoms with E-state index in [1.165, 1.54) is 35.2 Å². The first-order chi connectivity index (χ1) is 20.2. The van der Waals surface area contributed by atoms with Crippen molar-refractivity contribution in [2.45, 2.75) is 52.1 Å². The monoisotopic (exact) mass is 605 g/mol. The lowest BCUT2D eigenvalue weighted by atomic mass is 9.98. The van der Waals surface area contributed by atoms with Crippen LogP contribution in [0.3, 0.4) is 0 Å². The standard InChI is InChI=1S/C30H38F3N5O5/c1-6-17-42-28(41)38-14-12-22-21(19-38)9-7-11-24(22)35-18-26(39)37(16-15-36(5)27(40)43-29(2,3)4)20-25-23(30(31,32)33)10-8-13-34-25/h6-11,13,35H,1,12,14-20H2,2-5H3. The Kier molecular flexibility index (Phi) is 11.0. The number of carbonyl (C=O) groups is 3. The van der Waals surface area contributed by atoms with E-state index in [1.807, 2.05) is 6.07 Å². The fourth-order valence-electron chi connectivity index (χ4n) is 4.43. The highest BCUT2D eigenvalue weighted by molar-refractivity contribution is 5.81. The molecule has 1 aliphatic rings. The molecule has 2 heterocycles. The van der Waals surface area contributed by atoms with Crippen LogP contribution in [0.2, 0.25) is 0 Å². The number of aromatic nitrogens is 1. The molecule has 0 saturated heterocycles. The summed E-state index contributed by atoms with van der Waals surface area (Å²) >= 11 is 0. The second kappa shape index (κ2) is 14.3. The third-order valence-electron chi connectivity index (χ3n) is 6.58. The van der Waals surface area contributed by atoms with E-state index in [0.29, 0.717) is 25.2 Å². The first-order valence-electron chi connectivity index (χ1n) is 13.8. The lowest BCUT2D eigenvalue weighted by Gasteiger charge is -2.30. The van der Waals surface area contributed by atoms with Gasteiger partial charge in [-0.25, -0.2) is 9.59 Å². The van der Waals surface area contributed by atoms with Crippen molar-refractivity contribution in [2.24, 2.45) is 0 Å². The zero-order chi connectivity index (χ0) is 31.8. The minimum Gasteiger partial charge on any atom is -0.445 e. The summed E-state index contributed by atoms with van der Waals surface area (Å²) in [5.41, 5.74) is 0.530. The van der Waals surface area contributed by atoms with Crippen LogP contribution in [0.1, 0.15) is 43.2 Å². The van der Waals surface area contributed by atoms with Crippen molar-refractivity contribution in [3.8, 4) is 0 Å². The Morgan fingerprint density at radius 1 is 1.14 bits per heavy atom. The Morgan fingerprint density at radius 2 is 1.88 bits per heavy atom. The number of alkyl halides is 3. The molecule has 0 fully saturated rings. The van der Waals surface area contributed by atoms with Crippen LogP contribution in [0.5, 0.6) is 0 Å². The van der Waals surface area contributed by atoms with Crippen molar-refractivity contribution in [2.75, 3.05) is 45.2 Å². The molecule has 1 N–H and O–H groups in total. The van der Waals surface area contributed by atoms with E-state index >= 15 is 0 Å². The van der Waals surface area contributed by atoms with Gasteiger partial charge in [0.15, 0.2) is 0 Å². The number of amides is 3. The summed E-state index contributed by atoms with van der Waals surface area (Å²) in [6.07, 6.45) is -2.47. The zero-order valence-corrected chi connectivity index (χ0v) is 24.9. The number of nitrogens with zero attached hydrogens (tertiary/aromatic N) is 4. The third kappa shape index (κ3) is 9.62. The molecule has 43 heavy (non-hydrogen) atoms. The lowest BCUT2D eigenvalue weighted by molar-refractivity contribution is -0.140. The smallest absolute Gasteiger partial charge is 0.418 e. The Morgan fingerprint density at radius 3 is 2.56 bits per heavy atom. The molecule has 0 unspecified atom stereocenters. The molecule has 0 aliphatic carbocycles. The molecule has 1 aromatic carbocycles. The number of hydrogen-bond donors (Lipinski definition) is 1. The van der Waals surface area contributed by atoms with Gasteiger partial charge in [-0.2, -0.15) is 13.2 Å². The molecule has 0 atom stereocenters. The normalized spacial score (nSPS) is 13.0. The Hall–Kier alpha value is -4.29. The number of pyridine rings is 1. The largest absolute Gasteiger partial charge is 0.445 e. The van der Waals surface area contributed by atoms with Crippen molar-refractivity contribution < 1.29 is 37.0 Å². The SMILES string of the molecule is C=CCOC(=O)N1CCc2c(cccc2NCC(=O)N(CCN(C)C(=O)OC(C)(C)C)Cc2ncccc2C(F)(F)F)C1. The van der Waals surface area contributed by atoms with Crippen molar-refractivity contribution >= 4 is 23.8 Å². The number of likely N-dealkylation sites (N-methyl/N-ethyl adjacent to an activating group) is 1. The van der Waals surface area contributed by atoms with E-state index in [1.54, 1.807) is 37.8 Å². The minimum atomic E-state index is -4.65. The molecule has 0 bridgehead atoms. The molecule has 0 spiro atoms. The van der Waals surface area contributed by atoms with E-state index in [0.717, 1.165) is 17.2 Å². The number of benzene rings is 1. The second-order valence-corrected chi connectivity index (χ2v) is 11.0. The Labute approximate surface area is 249 Å². The second-order valence-electron chi connectivity index (χ2n) is 11.0. The van der Waals surface area contributed by atoms with Gasteiger partial charge in [0.05, 0.1) is 24.3 Å². The average molecular weight is 606 g/mol. The summed E-state index contributed by atoms with van der Waals surface area (Å²) in [5, 5.41) is 3.12. The van der Waals surface area contributed by atoms with E-state index in [2.05, 4.69) is 16.9 Å². The highest BCUT2D eigenvalue weighted by atomic mass is 19.4. The van der Waals surface area contributed by atoms with Gasteiger partial charge in [0, 0.05) is 45.1 Å². The Balaban J connectivity index is 1.75. The minimum absolute atomic E-state index is 0.0212. The molecule has 0 saturated carbocycles. The van der Waals surface area contributed by atoms with Crippen LogP contribution in [0.4, 0.5) is 28.4 Å². The van der Waals surface area contributed by atoms with E-state index in [9.17, 15) is 27.6 Å². The van der Waals surface area contributed by atoms with Gasteiger partial charge in [0.2, 0.25) is 5.91 Å². The van der Waals surface area contributed by atoms with Crippen molar-refractivity contribution in [3.63, 3.8) is 0 Å². The molecular weight excluding hydrogens is 567 g/mol. The highest BCUT2D eigenvalue weighted by Gasteiger charge is 2.35. The highest BCUT2D eigenvalue weighted by Crippen LogP contribution is 2.31. The first kappa shape index (κ1) is 33.2. The van der Waals surface area contributed by atoms with Gasteiger partial charge in [-0.1, -0.05) is 24.8 Å². The van der Waals surface area contributed by atoms with Crippen molar-refractivity contribution in [1.29, 1.82) is 0 Å². The summed E-state index contributed by atoms with van der Waals surface area (Å²) in [5.74, 6) is -0.487. The molecule has 3 amide bonds.